The summed E-state index contributed by atoms with van der Waals surface area (Å²) in [7, 11) is 0. The van der Waals surface area contributed by atoms with Crippen molar-refractivity contribution in [3.63, 3.8) is 0 Å². The van der Waals surface area contributed by atoms with Crippen molar-refractivity contribution >= 4 is 0 Å². The number of ether oxygens (including phenoxy) is 2. The summed E-state index contributed by atoms with van der Waals surface area (Å²) in [5, 5.41) is 0. The highest BCUT2D eigenvalue weighted by molar-refractivity contribution is 4.77. The molecule has 0 aliphatic heterocycles. The van der Waals surface area contributed by atoms with E-state index in [1.807, 2.05) is 0 Å². The van der Waals surface area contributed by atoms with Gasteiger partial charge in [0.25, 0.3) is 0 Å². The highest BCUT2D eigenvalue weighted by Crippen LogP contribution is 2.38. The molecule has 0 aliphatic rings. The molecule has 0 fully saturated rings. The normalized spacial score (nSPS) is 8.31. The van der Waals surface area contributed by atoms with Crippen LogP contribution in [0, 0.1) is 5.92 Å². The Kier molecular flexibility index (Phi) is 197. The fourth-order valence-corrected chi connectivity index (χ4v) is 0.584. The van der Waals surface area contributed by atoms with Crippen LogP contribution in [0.1, 0.15) is 139 Å². The van der Waals surface area contributed by atoms with Crippen LogP contribution in [-0.2, 0) is 9.47 Å². The molecule has 0 aromatic rings. The molecule has 0 saturated carbocycles. The fraction of sp³-hybridized carbons (Fsp3) is 1.00. The number of hydrogen-bond donors (Lipinski definition) is 0. The lowest BCUT2D eigenvalue weighted by molar-refractivity contribution is -0.485. The first kappa shape index (κ1) is 127. The van der Waals surface area contributed by atoms with Gasteiger partial charge in [0.2, 0.25) is 0 Å². The summed E-state index contributed by atoms with van der Waals surface area (Å²) in [5.74, 6) is -0.906. The Balaban J connectivity index is -0.0000000114. The Morgan fingerprint density at radius 1 is 0.600 bits per heavy atom. The molecule has 0 aromatic carbocycles. The first-order valence-corrected chi connectivity index (χ1v) is 5.73. The van der Waals surface area contributed by atoms with E-state index in [9.17, 15) is 30.7 Å². The van der Waals surface area contributed by atoms with E-state index in [2.05, 4.69) is 9.47 Å². The predicted molar refractivity (Wildman–Crippen MR) is 160 cm³/mol. The van der Waals surface area contributed by atoms with E-state index >= 15 is 0 Å². The average Bonchev–Trinajstić information content (AvgIpc) is 2.24. The standard InChI is InChI=1S/C9H14F6O2.C2H5F.15CH4/c1-6(4-10)5-16-9(14,15)17-8(12,13)7(2,3)11;1-2-3;;;;;;;;;;;;;;;/h6H,4-5H2,1-3H3;2H2,1H3;15*1H4. The van der Waals surface area contributed by atoms with Crippen molar-refractivity contribution in [2.45, 2.75) is 157 Å². The van der Waals surface area contributed by atoms with E-state index < -0.39 is 37.3 Å². The molecule has 0 saturated heterocycles. The van der Waals surface area contributed by atoms with E-state index in [-0.39, 0.29) is 118 Å². The van der Waals surface area contributed by atoms with Crippen molar-refractivity contribution in [3.05, 3.63) is 0 Å². The highest BCUT2D eigenvalue weighted by atomic mass is 19.3. The molecule has 1 unspecified atom stereocenters. The summed E-state index contributed by atoms with van der Waals surface area (Å²) in [6.07, 6.45) is -9.41. The lowest BCUT2D eigenvalue weighted by atomic mass is 10.1. The molecule has 0 heterocycles. The summed E-state index contributed by atoms with van der Waals surface area (Å²) in [4.78, 5) is 0. The Labute approximate surface area is 223 Å². The van der Waals surface area contributed by atoms with E-state index in [1.165, 1.54) is 13.8 Å². The van der Waals surface area contributed by atoms with E-state index in [4.69, 9.17) is 0 Å². The van der Waals surface area contributed by atoms with Gasteiger partial charge in [-0.05, 0) is 20.8 Å². The van der Waals surface area contributed by atoms with Gasteiger partial charge in [-0.3, -0.25) is 13.5 Å². The molecule has 0 aromatic heterocycles. The second-order valence-electron chi connectivity index (χ2n) is 4.39. The Hall–Kier alpha value is -0.570. The minimum atomic E-state index is -4.73. The summed E-state index contributed by atoms with van der Waals surface area (Å²) >= 11 is 0. The molecule has 244 valence electrons. The molecule has 35 heavy (non-hydrogen) atoms. The monoisotopic (exact) mass is 557 g/mol. The number of rotatable bonds is 7. The zero-order valence-electron chi connectivity index (χ0n) is 11.7. The summed E-state index contributed by atoms with van der Waals surface area (Å²) < 4.78 is 92.8. The molecule has 0 N–H and O–H groups in total. The van der Waals surface area contributed by atoms with Crippen LogP contribution >= 0.6 is 0 Å². The van der Waals surface area contributed by atoms with Gasteiger partial charge in [-0.1, -0.05) is 118 Å². The van der Waals surface area contributed by atoms with Gasteiger partial charge in [-0.2, -0.15) is 8.78 Å². The lowest BCUT2D eigenvalue weighted by Gasteiger charge is -2.29. The van der Waals surface area contributed by atoms with Crippen molar-refractivity contribution < 1.29 is 40.2 Å². The molecule has 0 rings (SSSR count). The van der Waals surface area contributed by atoms with Crippen molar-refractivity contribution in [2.75, 3.05) is 20.0 Å². The van der Waals surface area contributed by atoms with Gasteiger partial charge in [0.05, 0.1) is 20.0 Å². The van der Waals surface area contributed by atoms with Crippen molar-refractivity contribution in [1.82, 2.24) is 0 Å². The van der Waals surface area contributed by atoms with Gasteiger partial charge in [0, 0.05) is 5.92 Å². The van der Waals surface area contributed by atoms with E-state index in [1.54, 1.807) is 0 Å². The number of hydrogen-bond acceptors (Lipinski definition) is 2. The molecule has 0 amide bonds. The molecule has 1 atom stereocenters. The van der Waals surface area contributed by atoms with Gasteiger partial charge in [-0.25, -0.2) is 9.13 Å². The third kappa shape index (κ3) is 65.6. The van der Waals surface area contributed by atoms with Crippen molar-refractivity contribution in [1.29, 1.82) is 0 Å². The summed E-state index contributed by atoms with van der Waals surface area (Å²) in [6.45, 7) is 1.42. The highest BCUT2D eigenvalue weighted by Gasteiger charge is 2.56. The van der Waals surface area contributed by atoms with Crippen LogP contribution < -0.4 is 0 Å². The summed E-state index contributed by atoms with van der Waals surface area (Å²) in [5.41, 5.74) is -3.30. The third-order valence-electron chi connectivity index (χ3n) is 1.74. The predicted octanol–water partition coefficient (Wildman–Crippen LogP) is 14.0. The molecule has 9 heteroatoms. The second-order valence-corrected chi connectivity index (χ2v) is 4.39. The molecule has 0 bridgehead atoms. The van der Waals surface area contributed by atoms with E-state index in [0.717, 1.165) is 0 Å². The van der Waals surface area contributed by atoms with Gasteiger partial charge >= 0.3 is 12.4 Å². The zero-order chi connectivity index (χ0) is 16.6. The molecular formula is C26H79F7O2. The first-order chi connectivity index (χ1) is 8.83. The van der Waals surface area contributed by atoms with Crippen LogP contribution in [0.15, 0.2) is 0 Å². The number of alkyl halides is 7. The second kappa shape index (κ2) is 54.4. The molecule has 0 radical (unpaired) electrons. The van der Waals surface area contributed by atoms with Crippen LogP contribution in [0.4, 0.5) is 30.7 Å². The molecule has 0 aliphatic carbocycles. The minimum Gasteiger partial charge on any atom is -0.295 e. The summed E-state index contributed by atoms with van der Waals surface area (Å²) in [6, 6.07) is 0. The van der Waals surface area contributed by atoms with Gasteiger partial charge < -0.3 is 0 Å². The lowest BCUT2D eigenvalue weighted by Crippen LogP contribution is -2.47. The topological polar surface area (TPSA) is 18.5 Å². The Morgan fingerprint density at radius 3 is 1.00 bits per heavy atom. The van der Waals surface area contributed by atoms with Gasteiger partial charge in [0.15, 0.2) is 5.67 Å². The maximum Gasteiger partial charge on any atom is 0.490 e. The quantitative estimate of drug-likeness (QED) is 0.229. The number of halogens is 7. The van der Waals surface area contributed by atoms with Crippen LogP contribution in [0.5, 0.6) is 0 Å². The maximum absolute atomic E-state index is 12.8. The average molecular weight is 557 g/mol. The van der Waals surface area contributed by atoms with Gasteiger partial charge in [-0.15, -0.1) is 8.78 Å². The van der Waals surface area contributed by atoms with Crippen LogP contribution in [0.25, 0.3) is 0 Å². The molecule has 2 nitrogen and oxygen atoms in total. The van der Waals surface area contributed by atoms with Gasteiger partial charge in [0.1, 0.15) is 0 Å². The van der Waals surface area contributed by atoms with Crippen LogP contribution in [-0.4, -0.2) is 38.0 Å². The van der Waals surface area contributed by atoms with Crippen LogP contribution in [0.2, 0.25) is 0 Å². The minimum absolute atomic E-state index is 0. The van der Waals surface area contributed by atoms with Crippen molar-refractivity contribution in [3.8, 4) is 0 Å². The van der Waals surface area contributed by atoms with Crippen molar-refractivity contribution in [2.24, 2.45) is 5.92 Å². The Morgan fingerprint density at radius 2 is 0.829 bits per heavy atom. The smallest absolute Gasteiger partial charge is 0.295 e. The maximum atomic E-state index is 12.8. The molecule has 0 spiro atoms. The van der Waals surface area contributed by atoms with E-state index in [0.29, 0.717) is 13.8 Å². The zero-order valence-corrected chi connectivity index (χ0v) is 11.7. The fourth-order valence-electron chi connectivity index (χ4n) is 0.584. The molecular weight excluding hydrogens is 477 g/mol. The largest absolute Gasteiger partial charge is 0.490 e. The van der Waals surface area contributed by atoms with Crippen LogP contribution in [0.3, 0.4) is 0 Å². The SMILES string of the molecule is C.C.C.C.C.C.C.C.C.C.C.C.C.C.C.CC(CF)COC(F)(F)OC(F)(F)C(C)(C)F.CCF. The third-order valence-corrected chi connectivity index (χ3v) is 1.74. The first-order valence-electron chi connectivity index (χ1n) is 5.73. The Bertz CT molecular complexity index is 263.